The molecule has 4 rings (SSSR count). The maximum Gasteiger partial charge on any atom is 0.257 e. The fraction of sp³-hybridized carbons (Fsp3) is 0.667. The molecule has 134 valence electrons. The fourth-order valence-electron chi connectivity index (χ4n) is 3.82. The molecule has 25 heavy (non-hydrogen) atoms. The number of likely N-dealkylation sites (tertiary alicyclic amines) is 1. The van der Waals surface area contributed by atoms with E-state index in [9.17, 15) is 4.79 Å². The smallest absolute Gasteiger partial charge is 0.257 e. The molecule has 0 spiro atoms. The molecule has 2 aromatic heterocycles. The molecule has 3 heterocycles. The number of rotatable bonds is 6. The Morgan fingerprint density at radius 1 is 1.24 bits per heavy atom. The van der Waals surface area contributed by atoms with Gasteiger partial charge in [-0.3, -0.25) is 14.2 Å². The highest BCUT2D eigenvalue weighted by Crippen LogP contribution is 2.42. The summed E-state index contributed by atoms with van der Waals surface area (Å²) in [4.78, 5) is 15.1. The molecule has 0 N–H and O–H groups in total. The molecule has 0 unspecified atom stereocenters. The van der Waals surface area contributed by atoms with Crippen LogP contribution in [0.1, 0.15) is 61.0 Å². The van der Waals surface area contributed by atoms with Crippen molar-refractivity contribution in [2.45, 2.75) is 58.0 Å². The number of nitrogens with zero attached hydrogens (tertiary/aromatic N) is 6. The number of piperidine rings is 1. The lowest BCUT2D eigenvalue weighted by Gasteiger charge is -2.32. The maximum atomic E-state index is 13.0. The van der Waals surface area contributed by atoms with Crippen LogP contribution in [0.4, 0.5) is 0 Å². The highest BCUT2D eigenvalue weighted by Gasteiger charge is 2.34. The lowest BCUT2D eigenvalue weighted by atomic mass is 9.96. The van der Waals surface area contributed by atoms with Gasteiger partial charge in [-0.2, -0.15) is 5.10 Å². The first-order valence-corrected chi connectivity index (χ1v) is 9.45. The first-order chi connectivity index (χ1) is 12.3. The van der Waals surface area contributed by atoms with Gasteiger partial charge in [-0.1, -0.05) is 12.1 Å². The molecule has 1 amide bonds. The Balaban J connectivity index is 1.40. The summed E-state index contributed by atoms with van der Waals surface area (Å²) in [6.45, 7) is 5.59. The van der Waals surface area contributed by atoms with E-state index in [1.54, 1.807) is 12.4 Å². The van der Waals surface area contributed by atoms with Crippen molar-refractivity contribution in [1.82, 2.24) is 29.7 Å². The minimum Gasteiger partial charge on any atom is -0.339 e. The zero-order valence-corrected chi connectivity index (χ0v) is 14.8. The largest absolute Gasteiger partial charge is 0.339 e. The van der Waals surface area contributed by atoms with E-state index in [4.69, 9.17) is 0 Å². The summed E-state index contributed by atoms with van der Waals surface area (Å²) in [6, 6.07) is 0. The molecule has 1 aliphatic heterocycles. The molecule has 1 aliphatic carbocycles. The summed E-state index contributed by atoms with van der Waals surface area (Å²) < 4.78 is 3.95. The zero-order valence-electron chi connectivity index (χ0n) is 14.8. The minimum atomic E-state index is 0.170. The highest BCUT2D eigenvalue weighted by atomic mass is 16.2. The predicted molar refractivity (Wildman–Crippen MR) is 93.1 cm³/mol. The van der Waals surface area contributed by atoms with Crippen LogP contribution in [0.5, 0.6) is 0 Å². The number of aryl methyl sites for hydroxylation is 1. The summed E-state index contributed by atoms with van der Waals surface area (Å²) in [6.07, 6.45) is 10.9. The lowest BCUT2D eigenvalue weighted by molar-refractivity contribution is 0.0679. The van der Waals surface area contributed by atoms with Crippen LogP contribution in [-0.2, 0) is 13.1 Å². The molecular weight excluding hydrogens is 316 g/mol. The van der Waals surface area contributed by atoms with Crippen LogP contribution in [0.3, 0.4) is 0 Å². The molecule has 2 aliphatic rings. The van der Waals surface area contributed by atoms with E-state index >= 15 is 0 Å². The highest BCUT2D eigenvalue weighted by molar-refractivity contribution is 5.95. The van der Waals surface area contributed by atoms with Crippen molar-refractivity contribution in [3.63, 3.8) is 0 Å². The Morgan fingerprint density at radius 3 is 2.68 bits per heavy atom. The van der Waals surface area contributed by atoms with E-state index in [2.05, 4.69) is 27.0 Å². The van der Waals surface area contributed by atoms with Crippen molar-refractivity contribution in [3.8, 4) is 0 Å². The molecule has 7 nitrogen and oxygen atoms in total. The maximum absolute atomic E-state index is 13.0. The van der Waals surface area contributed by atoms with Gasteiger partial charge in [0.25, 0.3) is 5.91 Å². The molecule has 0 aromatic carbocycles. The van der Waals surface area contributed by atoms with Gasteiger partial charge >= 0.3 is 0 Å². The van der Waals surface area contributed by atoms with Crippen LogP contribution in [0.2, 0.25) is 0 Å². The van der Waals surface area contributed by atoms with E-state index in [0.717, 1.165) is 51.0 Å². The van der Waals surface area contributed by atoms with Crippen molar-refractivity contribution in [2.24, 2.45) is 5.92 Å². The average Bonchev–Trinajstić information content (AvgIpc) is 3.17. The van der Waals surface area contributed by atoms with Gasteiger partial charge in [-0.05, 0) is 38.0 Å². The van der Waals surface area contributed by atoms with Crippen LogP contribution in [0.25, 0.3) is 0 Å². The summed E-state index contributed by atoms with van der Waals surface area (Å²) in [5.74, 6) is 1.28. The Bertz CT molecular complexity index is 710. The first kappa shape index (κ1) is 16.3. The molecule has 7 heteroatoms. The molecule has 2 aromatic rings. The van der Waals surface area contributed by atoms with Crippen LogP contribution < -0.4 is 0 Å². The molecule has 0 radical (unpaired) electrons. The number of carbonyl (C=O) groups is 1. The molecule has 0 atom stereocenters. The monoisotopic (exact) mass is 342 g/mol. The van der Waals surface area contributed by atoms with Gasteiger partial charge < -0.3 is 4.90 Å². The summed E-state index contributed by atoms with van der Waals surface area (Å²) in [5.41, 5.74) is 2.02. The Labute approximate surface area is 148 Å². The third-order valence-corrected chi connectivity index (χ3v) is 5.33. The van der Waals surface area contributed by atoms with Crippen molar-refractivity contribution >= 4 is 5.91 Å². The van der Waals surface area contributed by atoms with Crippen LogP contribution in [0, 0.1) is 5.92 Å². The number of carbonyl (C=O) groups excluding carboxylic acids is 1. The van der Waals surface area contributed by atoms with E-state index in [-0.39, 0.29) is 5.91 Å². The van der Waals surface area contributed by atoms with Crippen molar-refractivity contribution in [2.75, 3.05) is 13.1 Å². The summed E-state index contributed by atoms with van der Waals surface area (Å²) >= 11 is 0. The van der Waals surface area contributed by atoms with Gasteiger partial charge in [0.1, 0.15) is 0 Å². The Kier molecular flexibility index (Phi) is 4.55. The van der Waals surface area contributed by atoms with Gasteiger partial charge in [0, 0.05) is 38.3 Å². The number of amides is 1. The number of hydrogen-bond donors (Lipinski definition) is 0. The zero-order chi connectivity index (χ0) is 17.2. The van der Waals surface area contributed by atoms with E-state index < -0.39 is 0 Å². The van der Waals surface area contributed by atoms with Gasteiger partial charge in [0.2, 0.25) is 0 Å². The lowest BCUT2D eigenvalue weighted by Crippen LogP contribution is -2.39. The predicted octanol–water partition coefficient (Wildman–Crippen LogP) is 2.31. The fourth-order valence-corrected chi connectivity index (χ4v) is 3.82. The number of hydrogen-bond acceptors (Lipinski definition) is 4. The second-order valence-electron chi connectivity index (χ2n) is 7.30. The normalized spacial score (nSPS) is 18.7. The molecular formula is C18H26N6O. The molecule has 1 saturated heterocycles. The van der Waals surface area contributed by atoms with E-state index in [1.165, 1.54) is 18.5 Å². The SMILES string of the molecule is CCCn1ncc(C(=O)N2CCC(Cn3ccnn3)CC2)c1C1CC1. The molecule has 2 fully saturated rings. The van der Waals surface area contributed by atoms with Crippen LogP contribution >= 0.6 is 0 Å². The second kappa shape index (κ2) is 6.98. The minimum absolute atomic E-state index is 0.170. The van der Waals surface area contributed by atoms with Crippen LogP contribution in [0.15, 0.2) is 18.6 Å². The summed E-state index contributed by atoms with van der Waals surface area (Å²) in [5, 5.41) is 12.4. The molecule has 0 bridgehead atoms. The van der Waals surface area contributed by atoms with E-state index in [0.29, 0.717) is 11.8 Å². The standard InChI is InChI=1S/C18H26N6O/c1-2-8-24-17(15-3-4-15)16(12-20-24)18(25)22-9-5-14(6-10-22)13-23-11-7-19-21-23/h7,11-12,14-15H,2-6,8-10,13H2,1H3. The third kappa shape index (κ3) is 3.45. The van der Waals surface area contributed by atoms with Crippen molar-refractivity contribution in [3.05, 3.63) is 29.8 Å². The Hall–Kier alpha value is -2.18. The molecule has 1 saturated carbocycles. The van der Waals surface area contributed by atoms with E-state index in [1.807, 2.05) is 15.8 Å². The van der Waals surface area contributed by atoms with Crippen molar-refractivity contribution in [1.29, 1.82) is 0 Å². The Morgan fingerprint density at radius 2 is 2.04 bits per heavy atom. The van der Waals surface area contributed by atoms with Crippen molar-refractivity contribution < 1.29 is 4.79 Å². The van der Waals surface area contributed by atoms with Gasteiger partial charge in [-0.15, -0.1) is 5.10 Å². The topological polar surface area (TPSA) is 68.8 Å². The number of aromatic nitrogens is 5. The van der Waals surface area contributed by atoms with Gasteiger partial charge in [0.05, 0.1) is 23.7 Å². The van der Waals surface area contributed by atoms with Gasteiger partial charge in [-0.25, -0.2) is 0 Å². The summed E-state index contributed by atoms with van der Waals surface area (Å²) in [7, 11) is 0. The second-order valence-corrected chi connectivity index (χ2v) is 7.30. The third-order valence-electron chi connectivity index (χ3n) is 5.33. The first-order valence-electron chi connectivity index (χ1n) is 9.45. The van der Waals surface area contributed by atoms with Gasteiger partial charge in [0.15, 0.2) is 0 Å². The quantitative estimate of drug-likeness (QED) is 0.808. The van der Waals surface area contributed by atoms with Crippen LogP contribution in [-0.4, -0.2) is 48.7 Å². The average molecular weight is 342 g/mol.